The number of benzene rings is 1. The Kier molecular flexibility index (Phi) is 4.75. The van der Waals surface area contributed by atoms with Crippen LogP contribution in [0.4, 0.5) is 4.79 Å². The number of hydrogen-bond acceptors (Lipinski definition) is 5. The Balaban J connectivity index is 1.74. The first-order valence-corrected chi connectivity index (χ1v) is 10.5. The van der Waals surface area contributed by atoms with Crippen molar-refractivity contribution in [2.24, 2.45) is 0 Å². The van der Waals surface area contributed by atoms with Gasteiger partial charge in [0.2, 0.25) is 5.91 Å². The Morgan fingerprint density at radius 3 is 2.48 bits per heavy atom. The van der Waals surface area contributed by atoms with E-state index < -0.39 is 45.8 Å². The molecule has 0 bridgehead atoms. The molecule has 0 unspecified atom stereocenters. The number of hydrogen-bond donors (Lipinski definition) is 1. The Bertz CT molecular complexity index is 896. The molecule has 0 aromatic heterocycles. The lowest BCUT2D eigenvalue weighted by Gasteiger charge is -2.26. The predicted molar refractivity (Wildman–Crippen MR) is 98.6 cm³/mol. The number of carbonyl (C=O) groups is 3. The number of imide groups is 1. The molecule has 4 amide bonds. The van der Waals surface area contributed by atoms with Crippen molar-refractivity contribution in [1.82, 2.24) is 15.1 Å². The monoisotopic (exact) mass is 393 g/mol. The molecule has 9 heteroatoms. The normalized spacial score (nSPS) is 26.9. The van der Waals surface area contributed by atoms with Gasteiger partial charge in [0.1, 0.15) is 12.1 Å². The first-order chi connectivity index (χ1) is 12.5. The molecule has 2 heterocycles. The fourth-order valence-corrected chi connectivity index (χ4v) is 5.23. The minimum Gasteiger partial charge on any atom is -0.340 e. The Morgan fingerprint density at radius 1 is 1.30 bits per heavy atom. The van der Waals surface area contributed by atoms with Gasteiger partial charge in [-0.15, -0.1) is 0 Å². The van der Waals surface area contributed by atoms with Crippen molar-refractivity contribution in [2.75, 3.05) is 25.1 Å². The summed E-state index contributed by atoms with van der Waals surface area (Å²) in [7, 11) is -1.63. The third-order valence-electron chi connectivity index (χ3n) is 5.35. The van der Waals surface area contributed by atoms with Gasteiger partial charge >= 0.3 is 6.03 Å². The minimum absolute atomic E-state index is 0.0455. The van der Waals surface area contributed by atoms with E-state index in [1.165, 1.54) is 11.9 Å². The molecule has 1 aromatic rings. The quantitative estimate of drug-likeness (QED) is 0.746. The Morgan fingerprint density at radius 2 is 1.93 bits per heavy atom. The zero-order valence-corrected chi connectivity index (χ0v) is 16.4. The van der Waals surface area contributed by atoms with Gasteiger partial charge < -0.3 is 10.2 Å². The van der Waals surface area contributed by atoms with Crippen molar-refractivity contribution < 1.29 is 22.8 Å². The largest absolute Gasteiger partial charge is 0.340 e. The van der Waals surface area contributed by atoms with E-state index in [-0.39, 0.29) is 11.5 Å². The number of amides is 4. The third kappa shape index (κ3) is 3.55. The summed E-state index contributed by atoms with van der Waals surface area (Å²) in [5.41, 5.74) is 0.427. The zero-order valence-electron chi connectivity index (χ0n) is 15.6. The predicted octanol–water partition coefficient (Wildman–Crippen LogP) is 0.408. The molecule has 27 heavy (non-hydrogen) atoms. The minimum atomic E-state index is -3.13. The molecular formula is C18H23N3O5S. The summed E-state index contributed by atoms with van der Waals surface area (Å²) in [5, 5.41) is 2.66. The maximum Gasteiger partial charge on any atom is 0.325 e. The fourth-order valence-electron chi connectivity index (χ4n) is 3.45. The van der Waals surface area contributed by atoms with Crippen molar-refractivity contribution in [3.8, 4) is 0 Å². The van der Waals surface area contributed by atoms with Crippen molar-refractivity contribution in [3.05, 3.63) is 35.4 Å². The molecule has 0 saturated carbocycles. The van der Waals surface area contributed by atoms with Gasteiger partial charge in [0.15, 0.2) is 9.84 Å². The van der Waals surface area contributed by atoms with Gasteiger partial charge in [-0.05, 0) is 25.8 Å². The molecule has 146 valence electrons. The molecule has 8 nitrogen and oxygen atoms in total. The summed E-state index contributed by atoms with van der Waals surface area (Å²) in [6, 6.07) is 6.18. The van der Waals surface area contributed by atoms with Crippen LogP contribution in [0, 0.1) is 6.92 Å². The van der Waals surface area contributed by atoms with Crippen molar-refractivity contribution in [2.45, 2.75) is 31.8 Å². The molecule has 0 spiro atoms. The van der Waals surface area contributed by atoms with E-state index in [9.17, 15) is 22.8 Å². The van der Waals surface area contributed by atoms with Crippen LogP contribution in [0.3, 0.4) is 0 Å². The smallest absolute Gasteiger partial charge is 0.325 e. The second-order valence-electron chi connectivity index (χ2n) is 7.37. The van der Waals surface area contributed by atoms with E-state index in [2.05, 4.69) is 5.32 Å². The molecule has 2 atom stereocenters. The number of nitrogens with zero attached hydrogens (tertiary/aromatic N) is 2. The van der Waals surface area contributed by atoms with E-state index in [1.54, 1.807) is 19.1 Å². The second-order valence-corrected chi connectivity index (χ2v) is 9.60. The Labute approximate surface area is 158 Å². The van der Waals surface area contributed by atoms with Gasteiger partial charge in [-0.2, -0.15) is 0 Å². The van der Waals surface area contributed by atoms with E-state index in [0.29, 0.717) is 12.0 Å². The average Bonchev–Trinajstić information content (AvgIpc) is 3.07. The van der Waals surface area contributed by atoms with Crippen LogP contribution in [0.2, 0.25) is 0 Å². The lowest BCUT2D eigenvalue weighted by Crippen LogP contribution is -2.46. The summed E-state index contributed by atoms with van der Waals surface area (Å²) >= 11 is 0. The highest BCUT2D eigenvalue weighted by Crippen LogP contribution is 2.29. The van der Waals surface area contributed by atoms with Crippen LogP contribution in [0.1, 0.15) is 24.5 Å². The molecular weight excluding hydrogens is 370 g/mol. The topological polar surface area (TPSA) is 104 Å². The SMILES string of the molecule is Cc1ccc([C@@]2(C)NC(=O)N(CC(=O)N(C)[C@H]3CCS(=O)(=O)C3)C2=O)cc1. The summed E-state index contributed by atoms with van der Waals surface area (Å²) in [6.07, 6.45) is 0.367. The second kappa shape index (κ2) is 6.63. The maximum atomic E-state index is 12.9. The van der Waals surface area contributed by atoms with Crippen LogP contribution in [0.5, 0.6) is 0 Å². The molecule has 1 N–H and O–H groups in total. The van der Waals surface area contributed by atoms with Gasteiger partial charge in [0.25, 0.3) is 5.91 Å². The average molecular weight is 393 g/mol. The van der Waals surface area contributed by atoms with Crippen LogP contribution in [0.15, 0.2) is 24.3 Å². The summed E-state index contributed by atoms with van der Waals surface area (Å²) in [4.78, 5) is 40.0. The molecule has 0 radical (unpaired) electrons. The van der Waals surface area contributed by atoms with E-state index in [1.807, 2.05) is 19.1 Å². The first-order valence-electron chi connectivity index (χ1n) is 8.71. The van der Waals surface area contributed by atoms with Gasteiger partial charge in [0.05, 0.1) is 11.5 Å². The fraction of sp³-hybridized carbons (Fsp3) is 0.500. The molecule has 1 aromatic carbocycles. The summed E-state index contributed by atoms with van der Waals surface area (Å²) in [5.74, 6) is -1.01. The number of likely N-dealkylation sites (N-methyl/N-ethyl adjacent to an activating group) is 1. The van der Waals surface area contributed by atoms with Crippen LogP contribution >= 0.6 is 0 Å². The van der Waals surface area contributed by atoms with Gasteiger partial charge in [-0.3, -0.25) is 14.5 Å². The highest BCUT2D eigenvalue weighted by atomic mass is 32.2. The highest BCUT2D eigenvalue weighted by molar-refractivity contribution is 7.91. The number of sulfone groups is 1. The number of carbonyl (C=O) groups excluding carboxylic acids is 3. The summed E-state index contributed by atoms with van der Waals surface area (Å²) < 4.78 is 23.2. The molecule has 2 aliphatic heterocycles. The maximum absolute atomic E-state index is 12.9. The van der Waals surface area contributed by atoms with Crippen LogP contribution < -0.4 is 5.32 Å². The van der Waals surface area contributed by atoms with E-state index in [0.717, 1.165) is 10.5 Å². The van der Waals surface area contributed by atoms with Gasteiger partial charge in [0, 0.05) is 13.1 Å². The van der Waals surface area contributed by atoms with Gasteiger partial charge in [-0.1, -0.05) is 29.8 Å². The van der Waals surface area contributed by atoms with E-state index in [4.69, 9.17) is 0 Å². The highest BCUT2D eigenvalue weighted by Gasteiger charge is 2.49. The van der Waals surface area contributed by atoms with Crippen molar-refractivity contribution >= 4 is 27.7 Å². The zero-order chi connectivity index (χ0) is 20.0. The number of urea groups is 1. The van der Waals surface area contributed by atoms with Crippen LogP contribution in [-0.2, 0) is 25.0 Å². The Hall–Kier alpha value is -2.42. The standard InChI is InChI=1S/C18H23N3O5S/c1-12-4-6-13(7-5-12)18(2)16(23)21(17(24)19-18)10-15(22)20(3)14-8-9-27(25,26)11-14/h4-7,14H,8-11H2,1-3H3,(H,19,24)/t14-,18+/m0/s1. The molecule has 2 fully saturated rings. The first kappa shape index (κ1) is 19.3. The lowest BCUT2D eigenvalue weighted by molar-refractivity contribution is -0.139. The molecule has 2 aliphatic rings. The molecule has 3 rings (SSSR count). The van der Waals surface area contributed by atoms with Crippen molar-refractivity contribution in [3.63, 3.8) is 0 Å². The summed E-state index contributed by atoms with van der Waals surface area (Å²) in [6.45, 7) is 3.11. The van der Waals surface area contributed by atoms with Crippen molar-refractivity contribution in [1.29, 1.82) is 0 Å². The third-order valence-corrected chi connectivity index (χ3v) is 7.10. The lowest BCUT2D eigenvalue weighted by atomic mass is 9.91. The molecule has 2 saturated heterocycles. The van der Waals surface area contributed by atoms with E-state index >= 15 is 0 Å². The number of aryl methyl sites for hydroxylation is 1. The molecule has 0 aliphatic carbocycles. The van der Waals surface area contributed by atoms with Crippen LogP contribution in [0.25, 0.3) is 0 Å². The van der Waals surface area contributed by atoms with Gasteiger partial charge in [-0.25, -0.2) is 13.2 Å². The number of nitrogens with one attached hydrogen (secondary N) is 1. The van der Waals surface area contributed by atoms with Crippen LogP contribution in [-0.4, -0.2) is 67.2 Å². The number of rotatable bonds is 4.